The molecule has 16 heavy (non-hydrogen) atoms. The number of imidazole rings is 1. The standard InChI is InChI=1S/C9H13N3O4/c10-8-11-1-2-12(8)7-5-6(14)9(3-13,16-7)4-15-5/h1-2,5-7,13-14H,3-4H2,(H2,10,11)/t5-,6+,7-,9+/m1/s1. The average Bonchev–Trinajstić information content (AvgIpc) is 2.92. The first-order valence-corrected chi connectivity index (χ1v) is 5.04. The number of fused-ring (bicyclic) bond motifs is 2. The van der Waals surface area contributed by atoms with E-state index in [0.29, 0.717) is 5.95 Å². The Morgan fingerprint density at radius 2 is 2.50 bits per heavy atom. The quantitative estimate of drug-likeness (QED) is 0.567. The SMILES string of the molecule is Nc1nccn1[C@@H]1O[C@@]2(CO)CO[C@@H]1[C@@H]2O. The predicted octanol–water partition coefficient (Wildman–Crippen LogP) is -1.52. The van der Waals surface area contributed by atoms with Crippen molar-refractivity contribution in [1.82, 2.24) is 9.55 Å². The van der Waals surface area contributed by atoms with Gasteiger partial charge in [-0.15, -0.1) is 0 Å². The molecular weight excluding hydrogens is 214 g/mol. The summed E-state index contributed by atoms with van der Waals surface area (Å²) in [6.45, 7) is -0.0871. The lowest BCUT2D eigenvalue weighted by Crippen LogP contribution is -2.44. The zero-order chi connectivity index (χ0) is 11.3. The van der Waals surface area contributed by atoms with E-state index in [1.807, 2.05) is 0 Å². The molecule has 4 N–H and O–H groups in total. The number of hydrogen-bond donors (Lipinski definition) is 3. The maximum Gasteiger partial charge on any atom is 0.202 e. The molecule has 2 saturated heterocycles. The lowest BCUT2D eigenvalue weighted by molar-refractivity contribution is -0.185. The molecule has 0 spiro atoms. The topological polar surface area (TPSA) is 103 Å². The van der Waals surface area contributed by atoms with Gasteiger partial charge in [0.25, 0.3) is 0 Å². The summed E-state index contributed by atoms with van der Waals surface area (Å²) in [6.07, 6.45) is 1.32. The lowest BCUT2D eigenvalue weighted by atomic mass is 10.0. The Bertz CT molecular complexity index is 409. The van der Waals surface area contributed by atoms with Gasteiger partial charge in [0, 0.05) is 12.4 Å². The second-order valence-electron chi connectivity index (χ2n) is 4.14. The number of nitrogen functional groups attached to an aromatic ring is 1. The van der Waals surface area contributed by atoms with Gasteiger partial charge in [0.1, 0.15) is 17.8 Å². The maximum atomic E-state index is 9.95. The highest BCUT2D eigenvalue weighted by Crippen LogP contribution is 2.45. The van der Waals surface area contributed by atoms with Gasteiger partial charge in [0.05, 0.1) is 13.2 Å². The highest BCUT2D eigenvalue weighted by molar-refractivity contribution is 5.20. The van der Waals surface area contributed by atoms with E-state index in [0.717, 1.165) is 0 Å². The highest BCUT2D eigenvalue weighted by atomic mass is 16.7. The zero-order valence-electron chi connectivity index (χ0n) is 8.48. The van der Waals surface area contributed by atoms with Crippen molar-refractivity contribution in [3.05, 3.63) is 12.4 Å². The average molecular weight is 227 g/mol. The van der Waals surface area contributed by atoms with Gasteiger partial charge in [-0.05, 0) is 0 Å². The van der Waals surface area contributed by atoms with Crippen LogP contribution in [0, 0.1) is 0 Å². The smallest absolute Gasteiger partial charge is 0.202 e. The number of ether oxygens (including phenoxy) is 2. The van der Waals surface area contributed by atoms with Gasteiger partial charge in [-0.1, -0.05) is 0 Å². The summed E-state index contributed by atoms with van der Waals surface area (Å²) in [6, 6.07) is 0. The van der Waals surface area contributed by atoms with Crippen molar-refractivity contribution in [3.8, 4) is 0 Å². The molecule has 1 aromatic heterocycles. The normalized spacial score (nSPS) is 41.8. The van der Waals surface area contributed by atoms with Crippen LogP contribution < -0.4 is 5.73 Å². The van der Waals surface area contributed by atoms with Crippen LogP contribution >= 0.6 is 0 Å². The first kappa shape index (κ1) is 10.0. The molecule has 0 amide bonds. The summed E-state index contributed by atoms with van der Waals surface area (Å²) in [5.74, 6) is 0.293. The number of nitrogens with zero attached hydrogens (tertiary/aromatic N) is 2. The Balaban J connectivity index is 1.94. The first-order valence-electron chi connectivity index (χ1n) is 5.04. The molecule has 3 heterocycles. The minimum Gasteiger partial charge on any atom is -0.393 e. The van der Waals surface area contributed by atoms with Crippen LogP contribution in [0.4, 0.5) is 5.95 Å². The van der Waals surface area contributed by atoms with E-state index in [-0.39, 0.29) is 13.2 Å². The summed E-state index contributed by atoms with van der Waals surface area (Å²) in [7, 11) is 0. The van der Waals surface area contributed by atoms with Crippen LogP contribution in [-0.4, -0.2) is 50.8 Å². The van der Waals surface area contributed by atoms with Gasteiger partial charge in [0.15, 0.2) is 6.23 Å². The van der Waals surface area contributed by atoms with Crippen molar-refractivity contribution in [2.45, 2.75) is 24.0 Å². The second kappa shape index (κ2) is 3.17. The van der Waals surface area contributed by atoms with Crippen LogP contribution in [0.1, 0.15) is 6.23 Å². The Hall–Kier alpha value is -1.15. The minimum atomic E-state index is -1.02. The van der Waals surface area contributed by atoms with Crippen LogP contribution in [0.5, 0.6) is 0 Å². The third kappa shape index (κ3) is 1.08. The van der Waals surface area contributed by atoms with E-state index in [1.165, 1.54) is 0 Å². The summed E-state index contributed by atoms with van der Waals surface area (Å²) in [4.78, 5) is 3.88. The summed E-state index contributed by atoms with van der Waals surface area (Å²) in [5.41, 5.74) is 4.63. The molecule has 88 valence electrons. The molecule has 0 unspecified atom stereocenters. The number of anilines is 1. The molecule has 7 nitrogen and oxygen atoms in total. The zero-order valence-corrected chi connectivity index (χ0v) is 8.48. The minimum absolute atomic E-state index is 0.195. The van der Waals surface area contributed by atoms with Crippen LogP contribution in [0.2, 0.25) is 0 Å². The Morgan fingerprint density at radius 1 is 1.69 bits per heavy atom. The monoisotopic (exact) mass is 227 g/mol. The number of aromatic nitrogens is 2. The number of hydrogen-bond acceptors (Lipinski definition) is 6. The fraction of sp³-hybridized carbons (Fsp3) is 0.667. The summed E-state index contributed by atoms with van der Waals surface area (Å²) in [5, 5.41) is 19.2. The van der Waals surface area contributed by atoms with Gasteiger partial charge in [-0.3, -0.25) is 4.57 Å². The third-order valence-corrected chi connectivity index (χ3v) is 3.25. The fourth-order valence-corrected chi connectivity index (χ4v) is 2.29. The van der Waals surface area contributed by atoms with Gasteiger partial charge in [-0.25, -0.2) is 4.98 Å². The Morgan fingerprint density at radius 3 is 3.06 bits per heavy atom. The number of rotatable bonds is 2. The third-order valence-electron chi connectivity index (χ3n) is 3.25. The van der Waals surface area contributed by atoms with Crippen molar-refractivity contribution >= 4 is 5.95 Å². The van der Waals surface area contributed by atoms with Gasteiger partial charge in [-0.2, -0.15) is 0 Å². The van der Waals surface area contributed by atoms with Crippen molar-refractivity contribution < 1.29 is 19.7 Å². The Labute approximate surface area is 91.4 Å². The van der Waals surface area contributed by atoms with E-state index in [4.69, 9.17) is 15.2 Å². The van der Waals surface area contributed by atoms with Gasteiger partial charge < -0.3 is 25.4 Å². The van der Waals surface area contributed by atoms with E-state index in [1.54, 1.807) is 17.0 Å². The predicted molar refractivity (Wildman–Crippen MR) is 52.3 cm³/mol. The largest absolute Gasteiger partial charge is 0.393 e. The summed E-state index contributed by atoms with van der Waals surface area (Å²) < 4.78 is 12.7. The van der Waals surface area contributed by atoms with E-state index in [9.17, 15) is 10.2 Å². The molecule has 0 radical (unpaired) electrons. The molecule has 2 bridgehead atoms. The molecule has 1 aromatic rings. The molecular formula is C9H13N3O4. The van der Waals surface area contributed by atoms with Crippen LogP contribution in [0.3, 0.4) is 0 Å². The number of aliphatic hydroxyl groups excluding tert-OH is 2. The second-order valence-corrected chi connectivity index (χ2v) is 4.14. The first-order chi connectivity index (χ1) is 7.68. The van der Waals surface area contributed by atoms with Crippen LogP contribution in [0.15, 0.2) is 12.4 Å². The van der Waals surface area contributed by atoms with Crippen LogP contribution in [-0.2, 0) is 9.47 Å². The van der Waals surface area contributed by atoms with Gasteiger partial charge >= 0.3 is 0 Å². The molecule has 0 aliphatic carbocycles. The van der Waals surface area contributed by atoms with Crippen LogP contribution in [0.25, 0.3) is 0 Å². The fourth-order valence-electron chi connectivity index (χ4n) is 2.29. The lowest BCUT2D eigenvalue weighted by Gasteiger charge is -2.29. The van der Waals surface area contributed by atoms with Crippen molar-refractivity contribution in [3.63, 3.8) is 0 Å². The molecule has 4 atom stereocenters. The van der Waals surface area contributed by atoms with Crippen molar-refractivity contribution in [1.29, 1.82) is 0 Å². The van der Waals surface area contributed by atoms with E-state index < -0.39 is 24.0 Å². The molecule has 3 rings (SSSR count). The maximum absolute atomic E-state index is 9.95. The Kier molecular flexibility index (Phi) is 1.99. The van der Waals surface area contributed by atoms with Crippen molar-refractivity contribution in [2.24, 2.45) is 0 Å². The molecule has 2 fully saturated rings. The number of aliphatic hydroxyl groups is 2. The highest BCUT2D eigenvalue weighted by Gasteiger charge is 2.61. The molecule has 7 heteroatoms. The van der Waals surface area contributed by atoms with E-state index in [2.05, 4.69) is 4.98 Å². The molecule has 0 saturated carbocycles. The molecule has 2 aliphatic heterocycles. The molecule has 0 aromatic carbocycles. The summed E-state index contributed by atoms with van der Waals surface area (Å²) >= 11 is 0. The molecule has 2 aliphatic rings. The number of nitrogens with two attached hydrogens (primary N) is 1. The van der Waals surface area contributed by atoms with E-state index >= 15 is 0 Å². The van der Waals surface area contributed by atoms with Crippen molar-refractivity contribution in [2.75, 3.05) is 18.9 Å². The van der Waals surface area contributed by atoms with Gasteiger partial charge in [0.2, 0.25) is 5.95 Å².